The summed E-state index contributed by atoms with van der Waals surface area (Å²) in [6.07, 6.45) is 3.62. The average Bonchev–Trinajstić information content (AvgIpc) is 3.40. The van der Waals surface area contributed by atoms with Crippen LogP contribution < -0.4 is 5.56 Å². The molecule has 11 heteroatoms. The van der Waals surface area contributed by atoms with Gasteiger partial charge in [0, 0.05) is 44.5 Å². The second kappa shape index (κ2) is 9.78. The van der Waals surface area contributed by atoms with Crippen LogP contribution in [0.3, 0.4) is 0 Å². The number of likely N-dealkylation sites (N-methyl/N-ethyl adjacent to an activating group) is 1. The summed E-state index contributed by atoms with van der Waals surface area (Å²) in [5.74, 6) is -0.936. The van der Waals surface area contributed by atoms with Crippen molar-refractivity contribution in [2.24, 2.45) is 0 Å². The Labute approximate surface area is 223 Å². The number of fused-ring (bicyclic) bond motifs is 1. The van der Waals surface area contributed by atoms with Crippen LogP contribution in [0.25, 0.3) is 5.52 Å². The standard InChI is InChI=1S/C26H28Cl2FN5O3/c1-26(6-3-7-31(26)2)25(37)33-10-8-32(9-11-33)24(36)18-13-16(4-5-20(18)29)12-17-15-30-23(35)21-14-19(27)22(28)34(17)21/h4-5,13-15H,3,6-12H2,1-2H3,(H,30,35)/t26-/m0/s1. The van der Waals surface area contributed by atoms with Crippen LogP contribution in [-0.4, -0.2) is 81.2 Å². The van der Waals surface area contributed by atoms with Gasteiger partial charge in [-0.05, 0) is 57.1 Å². The quantitative estimate of drug-likeness (QED) is 0.542. The van der Waals surface area contributed by atoms with Crippen molar-refractivity contribution < 1.29 is 14.0 Å². The van der Waals surface area contributed by atoms with Gasteiger partial charge in [0.15, 0.2) is 0 Å². The van der Waals surface area contributed by atoms with Crippen LogP contribution in [0.5, 0.6) is 0 Å². The zero-order valence-corrected chi connectivity index (χ0v) is 22.2. The van der Waals surface area contributed by atoms with Crippen LogP contribution in [-0.2, 0) is 11.2 Å². The average molecular weight is 548 g/mol. The number of carbonyl (C=O) groups is 2. The lowest BCUT2D eigenvalue weighted by molar-refractivity contribution is -0.142. The molecule has 5 rings (SSSR count). The van der Waals surface area contributed by atoms with E-state index in [9.17, 15) is 18.8 Å². The molecule has 0 bridgehead atoms. The third-order valence-electron chi connectivity index (χ3n) is 7.75. The van der Waals surface area contributed by atoms with Crippen LogP contribution in [0.15, 0.2) is 35.3 Å². The SMILES string of the molecule is CN1CCC[C@@]1(C)C(=O)N1CCN(C(=O)c2cc(Cc3c[nH]c(=O)c4cc(Cl)c(Cl)n34)ccc2F)CC1. The lowest BCUT2D eigenvalue weighted by Crippen LogP contribution is -2.58. The molecule has 0 unspecified atom stereocenters. The number of H-pyrrole nitrogens is 1. The Morgan fingerprint density at radius 2 is 1.78 bits per heavy atom. The Bertz CT molecular complexity index is 1450. The van der Waals surface area contributed by atoms with Gasteiger partial charge in [-0.25, -0.2) is 4.39 Å². The Morgan fingerprint density at radius 3 is 2.46 bits per heavy atom. The largest absolute Gasteiger partial charge is 0.338 e. The number of aromatic amines is 1. The number of likely N-dealkylation sites (tertiary alicyclic amines) is 1. The molecule has 2 aliphatic heterocycles. The minimum atomic E-state index is -0.610. The summed E-state index contributed by atoms with van der Waals surface area (Å²) >= 11 is 12.4. The van der Waals surface area contributed by atoms with Gasteiger partial charge in [-0.1, -0.05) is 29.3 Å². The molecule has 0 spiro atoms. The number of nitrogens with zero attached hydrogens (tertiary/aromatic N) is 4. The molecule has 8 nitrogen and oxygen atoms in total. The first-order chi connectivity index (χ1) is 17.6. The molecule has 2 aromatic heterocycles. The van der Waals surface area contributed by atoms with Crippen molar-refractivity contribution in [1.82, 2.24) is 24.1 Å². The van der Waals surface area contributed by atoms with E-state index in [1.807, 2.05) is 18.9 Å². The second-order valence-corrected chi connectivity index (χ2v) is 10.8. The van der Waals surface area contributed by atoms with Gasteiger partial charge < -0.3 is 14.8 Å². The number of aromatic nitrogens is 2. The van der Waals surface area contributed by atoms with Gasteiger partial charge in [0.2, 0.25) is 5.91 Å². The first-order valence-electron chi connectivity index (χ1n) is 12.3. The summed E-state index contributed by atoms with van der Waals surface area (Å²) in [5, 5.41) is 0.460. The number of benzene rings is 1. The molecular weight excluding hydrogens is 520 g/mol. The highest BCUT2D eigenvalue weighted by Gasteiger charge is 2.44. The Balaban J connectivity index is 1.32. The van der Waals surface area contributed by atoms with Crippen molar-refractivity contribution in [3.05, 3.63) is 73.6 Å². The molecule has 0 saturated carbocycles. The minimum Gasteiger partial charge on any atom is -0.338 e. The van der Waals surface area contributed by atoms with E-state index in [4.69, 9.17) is 23.2 Å². The summed E-state index contributed by atoms with van der Waals surface area (Å²) < 4.78 is 16.3. The van der Waals surface area contributed by atoms with E-state index in [0.29, 0.717) is 43.0 Å². The molecule has 2 amide bonds. The molecule has 1 atom stereocenters. The molecule has 2 aliphatic rings. The molecule has 196 valence electrons. The number of hydrogen-bond donors (Lipinski definition) is 1. The second-order valence-electron chi connectivity index (χ2n) is 9.99. The maximum atomic E-state index is 14.8. The van der Waals surface area contributed by atoms with Gasteiger partial charge in [-0.2, -0.15) is 0 Å². The van der Waals surface area contributed by atoms with Gasteiger partial charge in [-0.3, -0.25) is 23.7 Å². The molecule has 0 aliphatic carbocycles. The highest BCUT2D eigenvalue weighted by molar-refractivity contribution is 6.42. The maximum absolute atomic E-state index is 14.8. The van der Waals surface area contributed by atoms with E-state index >= 15 is 0 Å². The predicted octanol–water partition coefficient (Wildman–Crippen LogP) is 3.43. The minimum absolute atomic E-state index is 0.0305. The third-order valence-corrected chi connectivity index (χ3v) is 8.51. The van der Waals surface area contributed by atoms with Gasteiger partial charge in [0.1, 0.15) is 16.5 Å². The van der Waals surface area contributed by atoms with Gasteiger partial charge in [0.05, 0.1) is 16.1 Å². The number of carbonyl (C=O) groups excluding carboxylic acids is 2. The number of nitrogens with one attached hydrogen (secondary N) is 1. The molecule has 3 aromatic rings. The fraction of sp³-hybridized carbons (Fsp3) is 0.423. The van der Waals surface area contributed by atoms with E-state index in [0.717, 1.165) is 19.4 Å². The van der Waals surface area contributed by atoms with Crippen LogP contribution in [0.1, 0.15) is 41.4 Å². The Kier molecular flexibility index (Phi) is 6.81. The van der Waals surface area contributed by atoms with E-state index in [-0.39, 0.29) is 33.6 Å². The molecule has 1 aromatic carbocycles. The highest BCUT2D eigenvalue weighted by atomic mass is 35.5. The van der Waals surface area contributed by atoms with Crippen molar-refractivity contribution in [3.63, 3.8) is 0 Å². The summed E-state index contributed by atoms with van der Waals surface area (Å²) in [7, 11) is 1.97. The predicted molar refractivity (Wildman–Crippen MR) is 140 cm³/mol. The van der Waals surface area contributed by atoms with Crippen molar-refractivity contribution >= 4 is 40.5 Å². The molecule has 37 heavy (non-hydrogen) atoms. The number of amides is 2. The summed E-state index contributed by atoms with van der Waals surface area (Å²) in [4.78, 5) is 46.8. The smallest absolute Gasteiger partial charge is 0.272 e. The molecule has 4 heterocycles. The van der Waals surface area contributed by atoms with Gasteiger partial charge >= 0.3 is 0 Å². The third kappa shape index (κ3) is 4.53. The summed E-state index contributed by atoms with van der Waals surface area (Å²) in [6, 6.07) is 5.88. The van der Waals surface area contributed by atoms with Crippen LogP contribution in [0.4, 0.5) is 4.39 Å². The Hall–Kier alpha value is -2.88. The van der Waals surface area contributed by atoms with E-state index in [1.54, 1.807) is 15.4 Å². The van der Waals surface area contributed by atoms with E-state index < -0.39 is 17.3 Å². The van der Waals surface area contributed by atoms with Crippen molar-refractivity contribution in [2.45, 2.75) is 31.7 Å². The van der Waals surface area contributed by atoms with Gasteiger partial charge in [-0.15, -0.1) is 0 Å². The fourth-order valence-corrected chi connectivity index (χ4v) is 5.81. The first kappa shape index (κ1) is 25.8. The fourth-order valence-electron chi connectivity index (χ4n) is 5.37. The number of hydrogen-bond acceptors (Lipinski definition) is 4. The number of piperazine rings is 1. The van der Waals surface area contributed by atoms with Crippen molar-refractivity contribution in [1.29, 1.82) is 0 Å². The topological polar surface area (TPSA) is 81.1 Å². The van der Waals surface area contributed by atoms with E-state index in [1.165, 1.54) is 24.4 Å². The lowest BCUT2D eigenvalue weighted by Gasteiger charge is -2.40. The van der Waals surface area contributed by atoms with Crippen molar-refractivity contribution in [2.75, 3.05) is 39.8 Å². The number of rotatable bonds is 4. The first-order valence-corrected chi connectivity index (χ1v) is 13.0. The Morgan fingerprint density at radius 1 is 1.08 bits per heavy atom. The van der Waals surface area contributed by atoms with Crippen LogP contribution in [0.2, 0.25) is 10.2 Å². The normalized spacial score (nSPS) is 20.7. The van der Waals surface area contributed by atoms with E-state index in [2.05, 4.69) is 9.88 Å². The molecule has 2 saturated heterocycles. The monoisotopic (exact) mass is 547 g/mol. The highest BCUT2D eigenvalue weighted by Crippen LogP contribution is 2.30. The zero-order chi connectivity index (χ0) is 26.5. The van der Waals surface area contributed by atoms with Crippen LogP contribution >= 0.6 is 23.2 Å². The summed E-state index contributed by atoms with van der Waals surface area (Å²) in [6.45, 7) is 4.38. The summed E-state index contributed by atoms with van der Waals surface area (Å²) in [5.41, 5.74) is 0.734. The zero-order valence-electron chi connectivity index (χ0n) is 20.7. The lowest BCUT2D eigenvalue weighted by atomic mass is 9.96. The van der Waals surface area contributed by atoms with Gasteiger partial charge in [0.25, 0.3) is 11.5 Å². The van der Waals surface area contributed by atoms with Crippen LogP contribution in [0, 0.1) is 5.82 Å². The molecule has 1 N–H and O–H groups in total. The number of halogens is 3. The molecule has 0 radical (unpaired) electrons. The molecule has 2 fully saturated rings. The molecular formula is C26H28Cl2FN5O3. The van der Waals surface area contributed by atoms with Crippen molar-refractivity contribution in [3.8, 4) is 0 Å². The maximum Gasteiger partial charge on any atom is 0.272 e.